The summed E-state index contributed by atoms with van der Waals surface area (Å²) < 4.78 is 34.5. The van der Waals surface area contributed by atoms with Crippen molar-refractivity contribution in [2.24, 2.45) is 5.92 Å². The quantitative estimate of drug-likeness (QED) is 0.0379. The molecule has 3 aliphatic rings. The number of hydrogen-bond acceptors (Lipinski definition) is 25. The third-order valence-corrected chi connectivity index (χ3v) is 18.9. The number of carboxylic acid groups (broad SMARTS) is 2. The van der Waals surface area contributed by atoms with Gasteiger partial charge in [0.25, 0.3) is 11.6 Å². The normalized spacial score (nSPS) is 28.5. The molecule has 19 N–H and O–H groups in total. The molecule has 574 valence electrons. The molecule has 21 atom stereocenters. The first kappa shape index (κ1) is 88.8. The number of nitrogens with one attached hydrogen (secondary N) is 3. The lowest BCUT2D eigenvalue weighted by atomic mass is 9.87. The van der Waals surface area contributed by atoms with Crippen molar-refractivity contribution in [1.29, 1.82) is 0 Å². The van der Waals surface area contributed by atoms with Crippen molar-refractivity contribution >= 4 is 29.7 Å². The van der Waals surface area contributed by atoms with Crippen LogP contribution in [0.5, 0.6) is 0 Å². The first-order valence-electron chi connectivity index (χ1n) is 36.2. The summed E-state index contributed by atoms with van der Waals surface area (Å²) in [6.45, 7) is 1.93. The summed E-state index contributed by atoms with van der Waals surface area (Å²) in [6.07, 6.45) is -4.06. The van der Waals surface area contributed by atoms with Gasteiger partial charge in [0.15, 0.2) is 6.29 Å². The number of ether oxygens (including phenoxy) is 6. The van der Waals surface area contributed by atoms with E-state index in [1.165, 1.54) is 96.3 Å². The third kappa shape index (κ3) is 30.1. The number of aliphatic hydroxyl groups is 14. The number of carbonyl (C=O) groups excluding carboxylic acids is 3. The highest BCUT2D eigenvalue weighted by atomic mass is 16.8. The van der Waals surface area contributed by atoms with E-state index in [1.54, 1.807) is 0 Å². The first-order chi connectivity index (χ1) is 46.6. The lowest BCUT2D eigenvalue weighted by Gasteiger charge is -2.49. The van der Waals surface area contributed by atoms with Crippen LogP contribution in [0.25, 0.3) is 0 Å². The van der Waals surface area contributed by atoms with E-state index in [2.05, 4.69) is 36.7 Å². The molecular formula is C68H125N3O27. The second-order valence-corrected chi connectivity index (χ2v) is 27.7. The molecule has 3 saturated heterocycles. The second-order valence-electron chi connectivity index (χ2n) is 27.7. The van der Waals surface area contributed by atoms with E-state index in [4.69, 9.17) is 28.4 Å². The summed E-state index contributed by atoms with van der Waals surface area (Å²) in [5.74, 6) is -12.9. The molecular weight excluding hydrogens is 1290 g/mol. The summed E-state index contributed by atoms with van der Waals surface area (Å²) in [4.78, 5) is 64.8. The van der Waals surface area contributed by atoms with Gasteiger partial charge in [0.2, 0.25) is 17.7 Å². The molecule has 3 amide bonds. The zero-order chi connectivity index (χ0) is 73.0. The van der Waals surface area contributed by atoms with Crippen molar-refractivity contribution in [2.45, 2.75) is 361 Å². The highest BCUT2D eigenvalue weighted by Gasteiger charge is 2.61. The number of rotatable bonds is 54. The fourth-order valence-corrected chi connectivity index (χ4v) is 12.9. The minimum Gasteiger partial charge on any atom is -0.477 e. The lowest BCUT2D eigenvalue weighted by Crippen LogP contribution is -2.71. The molecule has 3 rings (SSSR count). The molecule has 3 heterocycles. The number of aliphatic hydroxyl groups excluding tert-OH is 14. The molecule has 3 fully saturated rings. The number of aliphatic carboxylic acids is 2. The number of hydrogen-bond donors (Lipinski definition) is 19. The Morgan fingerprint density at radius 1 is 0.541 bits per heavy atom. The van der Waals surface area contributed by atoms with Crippen LogP contribution in [0.3, 0.4) is 0 Å². The van der Waals surface area contributed by atoms with Crippen LogP contribution in [0.1, 0.15) is 233 Å². The molecule has 30 nitrogen and oxygen atoms in total. The fourth-order valence-electron chi connectivity index (χ4n) is 12.9. The number of carboxylic acids is 2. The average Bonchev–Trinajstić information content (AvgIpc) is 0.762. The number of carbonyl (C=O) groups is 5. The van der Waals surface area contributed by atoms with Crippen molar-refractivity contribution in [3.05, 3.63) is 0 Å². The van der Waals surface area contributed by atoms with E-state index in [0.717, 1.165) is 77.6 Å². The largest absolute Gasteiger partial charge is 0.477 e. The molecule has 0 radical (unpaired) electrons. The monoisotopic (exact) mass is 1420 g/mol. The molecule has 3 aliphatic heterocycles. The van der Waals surface area contributed by atoms with Crippen LogP contribution >= 0.6 is 0 Å². The van der Waals surface area contributed by atoms with Gasteiger partial charge in [-0.3, -0.25) is 14.4 Å². The Bertz CT molecular complexity index is 2210. The lowest BCUT2D eigenvalue weighted by molar-refractivity contribution is -0.352. The summed E-state index contributed by atoms with van der Waals surface area (Å²) in [5, 5.41) is 181. The van der Waals surface area contributed by atoms with E-state index >= 15 is 0 Å². The zero-order valence-corrected chi connectivity index (χ0v) is 58.4. The summed E-state index contributed by atoms with van der Waals surface area (Å²) in [6, 6.07) is -5.16. The molecule has 0 bridgehead atoms. The molecule has 0 unspecified atom stereocenters. The Hall–Kier alpha value is -3.45. The Balaban J connectivity index is 1.77. The van der Waals surface area contributed by atoms with Crippen molar-refractivity contribution in [3.8, 4) is 0 Å². The molecule has 0 aromatic carbocycles. The van der Waals surface area contributed by atoms with E-state index in [1.807, 2.05) is 0 Å². The van der Waals surface area contributed by atoms with Gasteiger partial charge in [0, 0.05) is 19.8 Å². The van der Waals surface area contributed by atoms with Gasteiger partial charge < -0.3 is 126 Å². The average molecular weight is 1420 g/mol. The molecule has 0 aromatic rings. The highest BCUT2D eigenvalue weighted by Crippen LogP contribution is 2.39. The summed E-state index contributed by atoms with van der Waals surface area (Å²) >= 11 is 0. The van der Waals surface area contributed by atoms with Gasteiger partial charge in [-0.1, -0.05) is 201 Å². The van der Waals surface area contributed by atoms with E-state index in [-0.39, 0.29) is 12.8 Å². The number of amides is 3. The minimum atomic E-state index is -3.27. The Kier molecular flexibility index (Phi) is 43.2. The standard InChI is InChI=1S/C68H125N3O27/c1-5-6-7-8-9-10-11-12-13-14-15-16-17-18-21-25-28-31-34-46(77)63(88)70-44(55(82)45(76)33-30-27-24-22-19-20-23-26-29-32-42(2)3)40-93-64-60(87)59(86)57(84)51(95-64)41-94-67(65(89)90)35-47(78)53(69-43(4)75)62(97-67)58(85)50(38-73)96-68(66(91)92)36-48(79)54(71-52(81)39-74)61(98-68)56(83)49(80)37-72/h42,44-51,53-62,64,72-74,76-80,82-87H,5-41H2,1-4H3,(H,69,75)(H,70,88)(H,71,81)(H,89,90)(H,91,92)/t44-,45+,46+,47-,48-,49+,50+,51+,53+,54+,55-,56+,57+,58+,59-,60+,61+,62+,64+,67+,68+/m0/s1. The summed E-state index contributed by atoms with van der Waals surface area (Å²) in [5.41, 5.74) is 0. The summed E-state index contributed by atoms with van der Waals surface area (Å²) in [7, 11) is 0. The van der Waals surface area contributed by atoms with Gasteiger partial charge in [0.1, 0.15) is 79.9 Å². The van der Waals surface area contributed by atoms with E-state index in [9.17, 15) is 106 Å². The van der Waals surface area contributed by atoms with Gasteiger partial charge in [-0.15, -0.1) is 0 Å². The van der Waals surface area contributed by atoms with Crippen LogP contribution in [0, 0.1) is 5.92 Å². The smallest absolute Gasteiger partial charge is 0.364 e. The Labute approximate surface area is 577 Å². The molecule has 98 heavy (non-hydrogen) atoms. The van der Waals surface area contributed by atoms with E-state index in [0.29, 0.717) is 18.8 Å². The SMILES string of the molecule is CCCCCCCCCCCCCCCCCCCC[C@@H](O)C(=O)N[C@@H](CO[C@@H]1O[C@H](CO[C@]2(C(=O)O)C[C@H](O)[C@@H](NC(C)=O)[C@H]([C@H](O)[C@@H](CO)O[C@]3(C(=O)O)C[C@H](O)[C@@H](NC(=O)CO)[C@H]([C@H](O)[C@H](O)CO)O3)O2)[C@@H](O)[C@H](O)[C@H]1O)[C@H](O)[C@H](O)CCCCCCCCCCCC(C)C. The molecule has 0 aromatic heterocycles. The van der Waals surface area contributed by atoms with Crippen molar-refractivity contribution in [1.82, 2.24) is 16.0 Å². The maximum atomic E-state index is 13.6. The molecule has 0 saturated carbocycles. The molecule has 0 aliphatic carbocycles. The number of unbranched alkanes of at least 4 members (excludes halogenated alkanes) is 25. The van der Waals surface area contributed by atoms with E-state index < -0.39 is 203 Å². The van der Waals surface area contributed by atoms with Crippen LogP contribution in [-0.2, 0) is 52.4 Å². The predicted octanol–water partition coefficient (Wildman–Crippen LogP) is 1.07. The Morgan fingerprint density at radius 2 is 0.990 bits per heavy atom. The maximum Gasteiger partial charge on any atom is 0.364 e. The van der Waals surface area contributed by atoms with Crippen LogP contribution in [0.4, 0.5) is 0 Å². The van der Waals surface area contributed by atoms with Crippen LogP contribution in [-0.4, -0.2) is 272 Å². The Morgan fingerprint density at radius 3 is 1.45 bits per heavy atom. The molecule has 30 heteroatoms. The van der Waals surface area contributed by atoms with Crippen molar-refractivity contribution in [2.75, 3.05) is 33.0 Å². The highest BCUT2D eigenvalue weighted by molar-refractivity contribution is 5.81. The maximum absolute atomic E-state index is 13.6. The van der Waals surface area contributed by atoms with Crippen LogP contribution in [0.15, 0.2) is 0 Å². The van der Waals surface area contributed by atoms with Gasteiger partial charge in [-0.25, -0.2) is 9.59 Å². The van der Waals surface area contributed by atoms with Gasteiger partial charge in [-0.05, 0) is 18.8 Å². The fraction of sp³-hybridized carbons (Fsp3) is 0.926. The zero-order valence-electron chi connectivity index (χ0n) is 58.4. The van der Waals surface area contributed by atoms with Crippen molar-refractivity contribution < 1.29 is 134 Å². The second kappa shape index (κ2) is 47.7. The first-order valence-corrected chi connectivity index (χ1v) is 36.2. The third-order valence-electron chi connectivity index (χ3n) is 18.9. The van der Waals surface area contributed by atoms with Gasteiger partial charge in [-0.2, -0.15) is 0 Å². The molecule has 0 spiro atoms. The van der Waals surface area contributed by atoms with Gasteiger partial charge in [0.05, 0.1) is 62.9 Å². The van der Waals surface area contributed by atoms with Crippen molar-refractivity contribution in [3.63, 3.8) is 0 Å². The van der Waals surface area contributed by atoms with Crippen LogP contribution < -0.4 is 16.0 Å². The van der Waals surface area contributed by atoms with Crippen LogP contribution in [0.2, 0.25) is 0 Å². The minimum absolute atomic E-state index is 0.0836. The predicted molar refractivity (Wildman–Crippen MR) is 353 cm³/mol. The van der Waals surface area contributed by atoms with Gasteiger partial charge >= 0.3 is 11.9 Å². The topological polar surface area (TPSA) is 501 Å².